The van der Waals surface area contributed by atoms with Crippen molar-refractivity contribution in [3.05, 3.63) is 34.1 Å². The molecule has 0 aliphatic carbocycles. The lowest BCUT2D eigenvalue weighted by molar-refractivity contribution is -0.385. The summed E-state index contributed by atoms with van der Waals surface area (Å²) in [6, 6.07) is 3.24. The topological polar surface area (TPSA) is 68.1 Å². The number of aromatic nitrogens is 1. The molecule has 0 aromatic carbocycles. The van der Waals surface area contributed by atoms with Gasteiger partial charge in [-0.3, -0.25) is 15.1 Å². The van der Waals surface area contributed by atoms with Crippen molar-refractivity contribution in [1.29, 1.82) is 0 Å². The minimum atomic E-state index is -0.378. The fourth-order valence-electron chi connectivity index (χ4n) is 1.90. The number of hydrogen-bond donors (Lipinski definition) is 1. The van der Waals surface area contributed by atoms with Crippen molar-refractivity contribution in [2.45, 2.75) is 46.6 Å². The quantitative estimate of drug-likeness (QED) is 0.634. The molecule has 0 aliphatic heterocycles. The molecule has 1 aromatic heterocycles. The summed E-state index contributed by atoms with van der Waals surface area (Å²) in [7, 11) is 0. The molecular weight excluding hydrogens is 242 g/mol. The van der Waals surface area contributed by atoms with Gasteiger partial charge in [-0.15, -0.1) is 0 Å². The predicted octanol–water partition coefficient (Wildman–Crippen LogP) is 2.95. The van der Waals surface area contributed by atoms with Crippen molar-refractivity contribution in [1.82, 2.24) is 10.3 Å². The molecule has 1 rings (SSSR count). The van der Waals surface area contributed by atoms with Crippen LogP contribution in [-0.4, -0.2) is 22.5 Å². The minimum absolute atomic E-state index is 0.0848. The summed E-state index contributed by atoms with van der Waals surface area (Å²) in [5, 5.41) is 14.3. The zero-order valence-corrected chi connectivity index (χ0v) is 12.1. The van der Waals surface area contributed by atoms with Crippen molar-refractivity contribution < 1.29 is 4.92 Å². The Morgan fingerprint density at radius 1 is 1.47 bits per heavy atom. The van der Waals surface area contributed by atoms with E-state index >= 15 is 0 Å². The van der Waals surface area contributed by atoms with Crippen LogP contribution in [0.3, 0.4) is 0 Å². The molecule has 5 heteroatoms. The molecule has 0 saturated carbocycles. The zero-order valence-electron chi connectivity index (χ0n) is 12.1. The maximum Gasteiger partial charge on any atom is 0.272 e. The van der Waals surface area contributed by atoms with Crippen molar-refractivity contribution in [3.8, 4) is 0 Å². The summed E-state index contributed by atoms with van der Waals surface area (Å²) < 4.78 is 0. The van der Waals surface area contributed by atoms with E-state index in [1.165, 1.54) is 12.3 Å². The van der Waals surface area contributed by atoms with Gasteiger partial charge >= 0.3 is 0 Å². The monoisotopic (exact) mass is 265 g/mol. The SMILES string of the molecule is CCCNC(Cc1cc([N+](=O)[O-])ccn1)C(C)(C)C. The molecule has 1 aromatic rings. The molecule has 1 heterocycles. The van der Waals surface area contributed by atoms with E-state index in [2.05, 4.69) is 38.0 Å². The highest BCUT2D eigenvalue weighted by Crippen LogP contribution is 2.23. The van der Waals surface area contributed by atoms with E-state index in [-0.39, 0.29) is 22.1 Å². The van der Waals surface area contributed by atoms with Gasteiger partial charge in [0, 0.05) is 36.5 Å². The summed E-state index contributed by atoms with van der Waals surface area (Å²) in [6.45, 7) is 9.56. The van der Waals surface area contributed by atoms with Gasteiger partial charge in [-0.2, -0.15) is 0 Å². The van der Waals surface area contributed by atoms with Gasteiger partial charge in [0.1, 0.15) is 0 Å². The van der Waals surface area contributed by atoms with Crippen molar-refractivity contribution in [2.75, 3.05) is 6.54 Å². The molecular formula is C14H23N3O2. The predicted molar refractivity (Wildman–Crippen MR) is 76.1 cm³/mol. The van der Waals surface area contributed by atoms with Crippen molar-refractivity contribution in [3.63, 3.8) is 0 Å². The fourth-order valence-corrected chi connectivity index (χ4v) is 1.90. The molecule has 0 saturated heterocycles. The summed E-state index contributed by atoms with van der Waals surface area (Å²) in [4.78, 5) is 14.6. The van der Waals surface area contributed by atoms with Crippen LogP contribution in [0, 0.1) is 15.5 Å². The molecule has 0 amide bonds. The Kier molecular flexibility index (Phi) is 5.42. The Hall–Kier alpha value is -1.49. The van der Waals surface area contributed by atoms with E-state index in [9.17, 15) is 10.1 Å². The van der Waals surface area contributed by atoms with Crippen LogP contribution in [0.25, 0.3) is 0 Å². The number of nitrogens with one attached hydrogen (secondary N) is 1. The van der Waals surface area contributed by atoms with Crippen LogP contribution < -0.4 is 5.32 Å². The zero-order chi connectivity index (χ0) is 14.5. The molecule has 0 aliphatic rings. The van der Waals surface area contributed by atoms with Gasteiger partial charge < -0.3 is 5.32 Å². The average Bonchev–Trinajstić information content (AvgIpc) is 2.33. The Labute approximate surface area is 114 Å². The van der Waals surface area contributed by atoms with Crippen LogP contribution in [0.2, 0.25) is 0 Å². The molecule has 1 unspecified atom stereocenters. The molecule has 0 radical (unpaired) electrons. The number of pyridine rings is 1. The first-order valence-corrected chi connectivity index (χ1v) is 6.67. The van der Waals surface area contributed by atoms with Gasteiger partial charge in [0.2, 0.25) is 0 Å². The third-order valence-corrected chi connectivity index (χ3v) is 3.11. The summed E-state index contributed by atoms with van der Waals surface area (Å²) >= 11 is 0. The van der Waals surface area contributed by atoms with Crippen LogP contribution in [0.1, 0.15) is 39.8 Å². The Morgan fingerprint density at radius 3 is 2.68 bits per heavy atom. The number of nitro groups is 1. The maximum atomic E-state index is 10.8. The second-order valence-corrected chi connectivity index (χ2v) is 5.84. The highest BCUT2D eigenvalue weighted by molar-refractivity contribution is 5.30. The molecule has 0 spiro atoms. The van der Waals surface area contributed by atoms with E-state index in [0.717, 1.165) is 18.7 Å². The first kappa shape index (κ1) is 15.6. The molecule has 0 bridgehead atoms. The smallest absolute Gasteiger partial charge is 0.272 e. The third-order valence-electron chi connectivity index (χ3n) is 3.11. The highest BCUT2D eigenvalue weighted by Gasteiger charge is 2.25. The van der Waals surface area contributed by atoms with Gasteiger partial charge in [0.15, 0.2) is 0 Å². The maximum absolute atomic E-state index is 10.8. The fraction of sp³-hybridized carbons (Fsp3) is 0.643. The average molecular weight is 265 g/mol. The van der Waals surface area contributed by atoms with Crippen LogP contribution >= 0.6 is 0 Å². The van der Waals surface area contributed by atoms with Crippen molar-refractivity contribution in [2.24, 2.45) is 5.41 Å². The van der Waals surface area contributed by atoms with Gasteiger partial charge in [0.05, 0.1) is 4.92 Å². The van der Waals surface area contributed by atoms with E-state index < -0.39 is 0 Å². The first-order chi connectivity index (χ1) is 8.84. The van der Waals surface area contributed by atoms with Crippen LogP contribution in [-0.2, 0) is 6.42 Å². The van der Waals surface area contributed by atoms with Crippen molar-refractivity contribution >= 4 is 5.69 Å². The number of rotatable bonds is 6. The summed E-state index contributed by atoms with van der Waals surface area (Å²) in [5.74, 6) is 0. The highest BCUT2D eigenvalue weighted by atomic mass is 16.6. The summed E-state index contributed by atoms with van der Waals surface area (Å²) in [5.41, 5.74) is 0.951. The summed E-state index contributed by atoms with van der Waals surface area (Å²) in [6.07, 6.45) is 3.27. The number of nitrogens with zero attached hydrogens (tertiary/aromatic N) is 2. The van der Waals surface area contributed by atoms with Gasteiger partial charge in [-0.05, 0) is 18.4 Å². The van der Waals surface area contributed by atoms with Crippen LogP contribution in [0.4, 0.5) is 5.69 Å². The van der Waals surface area contributed by atoms with Gasteiger partial charge in [-0.25, -0.2) is 0 Å². The van der Waals surface area contributed by atoms with Crippen LogP contribution in [0.5, 0.6) is 0 Å². The lowest BCUT2D eigenvalue weighted by Gasteiger charge is -2.31. The molecule has 106 valence electrons. The Morgan fingerprint density at radius 2 is 2.16 bits per heavy atom. The Bertz CT molecular complexity index is 427. The second kappa shape index (κ2) is 6.61. The lowest BCUT2D eigenvalue weighted by atomic mass is 9.84. The normalized spacial score (nSPS) is 13.3. The van der Waals surface area contributed by atoms with E-state index in [0.29, 0.717) is 6.42 Å². The largest absolute Gasteiger partial charge is 0.313 e. The number of hydrogen-bond acceptors (Lipinski definition) is 4. The van der Waals surface area contributed by atoms with E-state index in [1.807, 2.05) is 0 Å². The van der Waals surface area contributed by atoms with Crippen LogP contribution in [0.15, 0.2) is 18.3 Å². The second-order valence-electron chi connectivity index (χ2n) is 5.84. The molecule has 1 N–H and O–H groups in total. The van der Waals surface area contributed by atoms with E-state index in [4.69, 9.17) is 0 Å². The Balaban J connectivity index is 2.84. The standard InChI is InChI=1S/C14H23N3O2/c1-5-7-16-13(14(2,3)4)10-11-9-12(17(18)19)6-8-15-11/h6,8-9,13,16H,5,7,10H2,1-4H3. The first-order valence-electron chi connectivity index (χ1n) is 6.67. The molecule has 0 fully saturated rings. The van der Waals surface area contributed by atoms with Gasteiger partial charge in [0.25, 0.3) is 5.69 Å². The van der Waals surface area contributed by atoms with Gasteiger partial charge in [-0.1, -0.05) is 27.7 Å². The lowest BCUT2D eigenvalue weighted by Crippen LogP contribution is -2.42. The minimum Gasteiger partial charge on any atom is -0.313 e. The third kappa shape index (κ3) is 4.95. The molecule has 1 atom stereocenters. The molecule has 19 heavy (non-hydrogen) atoms. The molecule has 5 nitrogen and oxygen atoms in total. The van der Waals surface area contributed by atoms with E-state index in [1.54, 1.807) is 6.07 Å².